The Morgan fingerprint density at radius 1 is 1.22 bits per heavy atom. The molecule has 0 amide bonds. The summed E-state index contributed by atoms with van der Waals surface area (Å²) < 4.78 is 29.1. The van der Waals surface area contributed by atoms with Gasteiger partial charge in [0, 0.05) is 17.3 Å². The average Bonchev–Trinajstić information content (AvgIpc) is 3.15. The number of nitrogens with two attached hydrogens (primary N) is 1. The van der Waals surface area contributed by atoms with E-state index in [9.17, 15) is 8.42 Å². The molecule has 4 rings (SSSR count). The van der Waals surface area contributed by atoms with Crippen LogP contribution in [0.25, 0.3) is 11.5 Å². The zero-order valence-electron chi connectivity index (χ0n) is 15.2. The molecule has 0 saturated heterocycles. The zero-order valence-corrected chi connectivity index (χ0v) is 16.0. The number of primary sulfonamides is 1. The molecule has 0 aliphatic carbocycles. The highest BCUT2D eigenvalue weighted by atomic mass is 32.2. The minimum absolute atomic E-state index is 0.152. The summed E-state index contributed by atoms with van der Waals surface area (Å²) in [7, 11) is -3.70. The van der Waals surface area contributed by atoms with E-state index in [0.29, 0.717) is 12.4 Å². The number of hydrogen-bond acceptors (Lipinski definition) is 5. The summed E-state index contributed by atoms with van der Waals surface area (Å²) in [6, 6.07) is 15.1. The van der Waals surface area contributed by atoms with Crippen LogP contribution in [0.15, 0.2) is 57.8 Å². The normalized spacial score (nSPS) is 16.6. The summed E-state index contributed by atoms with van der Waals surface area (Å²) >= 11 is 0. The van der Waals surface area contributed by atoms with E-state index in [-0.39, 0.29) is 10.9 Å². The molecule has 6 nitrogen and oxygen atoms in total. The lowest BCUT2D eigenvalue weighted by atomic mass is 10.1. The number of oxazole rings is 1. The number of nitrogens with zero attached hydrogens (tertiary/aromatic N) is 2. The fourth-order valence-corrected chi connectivity index (χ4v) is 4.09. The first-order chi connectivity index (χ1) is 12.8. The predicted molar refractivity (Wildman–Crippen MR) is 104 cm³/mol. The highest BCUT2D eigenvalue weighted by molar-refractivity contribution is 7.89. The molecule has 0 bridgehead atoms. The molecular formula is C20H21N3O3S. The third-order valence-electron chi connectivity index (χ3n) is 4.97. The lowest BCUT2D eigenvalue weighted by Gasteiger charge is -2.24. The van der Waals surface area contributed by atoms with E-state index in [1.807, 2.05) is 43.3 Å². The first-order valence-corrected chi connectivity index (χ1v) is 10.3. The van der Waals surface area contributed by atoms with Crippen LogP contribution in [0.3, 0.4) is 0 Å². The Morgan fingerprint density at radius 3 is 2.67 bits per heavy atom. The molecule has 1 unspecified atom stereocenters. The van der Waals surface area contributed by atoms with E-state index >= 15 is 0 Å². The van der Waals surface area contributed by atoms with Crippen molar-refractivity contribution in [2.75, 3.05) is 4.90 Å². The highest BCUT2D eigenvalue weighted by Gasteiger charge is 2.28. The molecule has 0 radical (unpaired) electrons. The van der Waals surface area contributed by atoms with E-state index in [1.54, 1.807) is 12.1 Å². The van der Waals surface area contributed by atoms with Crippen LogP contribution in [-0.2, 0) is 23.0 Å². The second-order valence-corrected chi connectivity index (χ2v) is 8.47. The van der Waals surface area contributed by atoms with Gasteiger partial charge in [0.15, 0.2) is 0 Å². The van der Waals surface area contributed by atoms with Gasteiger partial charge in [0.2, 0.25) is 15.9 Å². The smallest absolute Gasteiger partial charge is 0.238 e. The molecule has 140 valence electrons. The van der Waals surface area contributed by atoms with E-state index in [2.05, 4.69) is 16.8 Å². The number of hydrogen-bond donors (Lipinski definition) is 1. The molecule has 1 aliphatic heterocycles. The van der Waals surface area contributed by atoms with Crippen molar-refractivity contribution < 1.29 is 12.8 Å². The molecule has 1 aromatic heterocycles. The van der Waals surface area contributed by atoms with Crippen LogP contribution in [0, 0.1) is 6.92 Å². The summed E-state index contributed by atoms with van der Waals surface area (Å²) in [5.74, 6) is 1.40. The largest absolute Gasteiger partial charge is 0.441 e. The Labute approximate surface area is 158 Å². The minimum atomic E-state index is -3.70. The summed E-state index contributed by atoms with van der Waals surface area (Å²) in [5, 5.41) is 5.26. The number of aromatic nitrogens is 1. The summed E-state index contributed by atoms with van der Waals surface area (Å²) in [6.45, 7) is 4.63. The number of rotatable bonds is 4. The topological polar surface area (TPSA) is 89.4 Å². The van der Waals surface area contributed by atoms with Gasteiger partial charge in [-0.3, -0.25) is 0 Å². The fraction of sp³-hybridized carbons (Fsp3) is 0.250. The van der Waals surface area contributed by atoms with Crippen molar-refractivity contribution in [3.8, 4) is 11.5 Å². The van der Waals surface area contributed by atoms with Crippen LogP contribution >= 0.6 is 0 Å². The van der Waals surface area contributed by atoms with Gasteiger partial charge in [-0.25, -0.2) is 18.5 Å². The van der Waals surface area contributed by atoms with Crippen molar-refractivity contribution in [2.45, 2.75) is 37.8 Å². The summed E-state index contributed by atoms with van der Waals surface area (Å²) in [6.07, 6.45) is 0.765. The third-order valence-corrected chi connectivity index (χ3v) is 5.88. The van der Waals surface area contributed by atoms with Gasteiger partial charge in [-0.1, -0.05) is 18.2 Å². The molecular weight excluding hydrogens is 362 g/mol. The Kier molecular flexibility index (Phi) is 4.28. The minimum Gasteiger partial charge on any atom is -0.441 e. The molecule has 7 heteroatoms. The lowest BCUT2D eigenvalue weighted by molar-refractivity contribution is 0.537. The Bertz CT molecular complexity index is 1090. The summed E-state index contributed by atoms with van der Waals surface area (Å²) in [4.78, 5) is 7.06. The van der Waals surface area contributed by atoms with Gasteiger partial charge in [-0.2, -0.15) is 0 Å². The highest BCUT2D eigenvalue weighted by Crippen LogP contribution is 2.35. The monoisotopic (exact) mass is 383 g/mol. The Hall–Kier alpha value is -2.64. The standard InChI is InChI=1S/C20H21N3O3S/c1-13-10-16-11-17(27(21,24)25)8-9-19(16)23(13)12-18-14(2)26-20(22-18)15-6-4-3-5-7-15/h3-9,11,13H,10,12H2,1-2H3,(H2,21,24,25). The van der Waals surface area contributed by atoms with Crippen LogP contribution in [0.1, 0.15) is 23.9 Å². The quantitative estimate of drug-likeness (QED) is 0.747. The number of benzene rings is 2. The maximum absolute atomic E-state index is 11.6. The maximum atomic E-state index is 11.6. The molecule has 1 aliphatic rings. The van der Waals surface area contributed by atoms with Gasteiger partial charge >= 0.3 is 0 Å². The van der Waals surface area contributed by atoms with Crippen LogP contribution in [0.4, 0.5) is 5.69 Å². The Morgan fingerprint density at radius 2 is 1.96 bits per heavy atom. The van der Waals surface area contributed by atoms with Gasteiger partial charge < -0.3 is 9.32 Å². The van der Waals surface area contributed by atoms with Crippen molar-refractivity contribution in [3.63, 3.8) is 0 Å². The zero-order chi connectivity index (χ0) is 19.2. The van der Waals surface area contributed by atoms with Gasteiger partial charge in [0.1, 0.15) is 11.5 Å². The predicted octanol–water partition coefficient (Wildman–Crippen LogP) is 3.25. The van der Waals surface area contributed by atoms with Crippen molar-refractivity contribution in [3.05, 3.63) is 65.5 Å². The molecule has 27 heavy (non-hydrogen) atoms. The molecule has 3 aromatic rings. The van der Waals surface area contributed by atoms with E-state index < -0.39 is 10.0 Å². The summed E-state index contributed by atoms with van der Waals surface area (Å²) in [5.41, 5.74) is 3.82. The molecule has 0 fully saturated rings. The second kappa shape index (κ2) is 6.51. The number of aryl methyl sites for hydroxylation is 1. The van der Waals surface area contributed by atoms with E-state index in [4.69, 9.17) is 9.56 Å². The SMILES string of the molecule is Cc1oc(-c2ccccc2)nc1CN1c2ccc(S(N)(=O)=O)cc2CC1C. The van der Waals surface area contributed by atoms with E-state index in [1.165, 1.54) is 0 Å². The molecule has 2 aromatic carbocycles. The number of fused-ring (bicyclic) bond motifs is 1. The van der Waals surface area contributed by atoms with Crippen molar-refractivity contribution >= 4 is 15.7 Å². The fourth-order valence-electron chi connectivity index (χ4n) is 3.53. The number of anilines is 1. The van der Waals surface area contributed by atoms with Crippen LogP contribution in [0.2, 0.25) is 0 Å². The molecule has 2 heterocycles. The van der Waals surface area contributed by atoms with Crippen molar-refractivity contribution in [1.29, 1.82) is 0 Å². The first-order valence-electron chi connectivity index (χ1n) is 8.77. The van der Waals surface area contributed by atoms with Crippen LogP contribution in [-0.4, -0.2) is 19.4 Å². The van der Waals surface area contributed by atoms with Crippen molar-refractivity contribution in [1.82, 2.24) is 4.98 Å². The first kappa shape index (κ1) is 17.8. The van der Waals surface area contributed by atoms with E-state index in [0.717, 1.165) is 34.7 Å². The Balaban J connectivity index is 1.64. The second-order valence-electron chi connectivity index (χ2n) is 6.90. The molecule has 2 N–H and O–H groups in total. The average molecular weight is 383 g/mol. The number of sulfonamides is 1. The maximum Gasteiger partial charge on any atom is 0.238 e. The van der Waals surface area contributed by atoms with Crippen molar-refractivity contribution in [2.24, 2.45) is 5.14 Å². The van der Waals surface area contributed by atoms with Crippen LogP contribution < -0.4 is 10.0 Å². The van der Waals surface area contributed by atoms with Gasteiger partial charge in [0.25, 0.3) is 0 Å². The molecule has 0 saturated carbocycles. The lowest BCUT2D eigenvalue weighted by Crippen LogP contribution is -2.29. The van der Waals surface area contributed by atoms with Gasteiger partial charge in [-0.15, -0.1) is 0 Å². The molecule has 1 atom stereocenters. The third kappa shape index (κ3) is 3.36. The molecule has 0 spiro atoms. The van der Waals surface area contributed by atoms with Gasteiger partial charge in [0.05, 0.1) is 11.4 Å². The van der Waals surface area contributed by atoms with Gasteiger partial charge in [-0.05, 0) is 56.2 Å². The van der Waals surface area contributed by atoms with Crippen LogP contribution in [0.5, 0.6) is 0 Å².